The molecule has 2 N–H and O–H groups in total. The largest absolute Gasteiger partial charge is 0.362 e. The predicted octanol–water partition coefficient (Wildman–Crippen LogP) is 3.65. The van der Waals surface area contributed by atoms with Crippen molar-refractivity contribution in [2.24, 2.45) is 11.8 Å². The van der Waals surface area contributed by atoms with Crippen LogP contribution in [0.3, 0.4) is 0 Å². The van der Waals surface area contributed by atoms with E-state index in [1.54, 1.807) is 0 Å². The van der Waals surface area contributed by atoms with Crippen LogP contribution < -0.4 is 20.4 Å². The molecule has 2 aliphatic heterocycles. The Morgan fingerprint density at radius 3 is 2.33 bits per heavy atom. The van der Waals surface area contributed by atoms with Gasteiger partial charge in [-0.15, -0.1) is 0 Å². The van der Waals surface area contributed by atoms with Crippen LogP contribution in [0.25, 0.3) is 0 Å². The first-order valence-corrected chi connectivity index (χ1v) is 10.9. The molecule has 2 atom stereocenters. The Balaban J connectivity index is 1.84. The molecule has 2 saturated heterocycles. The number of hydrogen-bond acceptors (Lipinski definition) is 5. The minimum absolute atomic E-state index is 0.596. The summed E-state index contributed by atoms with van der Waals surface area (Å²) in [5.41, 5.74) is 0. The molecule has 0 bridgehead atoms. The van der Waals surface area contributed by atoms with E-state index in [0.29, 0.717) is 22.9 Å². The second-order valence-electron chi connectivity index (χ2n) is 8.19. The van der Waals surface area contributed by atoms with E-state index in [-0.39, 0.29) is 0 Å². The van der Waals surface area contributed by atoms with Crippen molar-refractivity contribution in [2.75, 3.05) is 47.8 Å². The van der Waals surface area contributed by atoms with Gasteiger partial charge in [0.25, 0.3) is 0 Å². The monoisotopic (exact) mass is 390 g/mol. The van der Waals surface area contributed by atoms with E-state index in [1.807, 2.05) is 0 Å². The summed E-state index contributed by atoms with van der Waals surface area (Å²) in [6.45, 7) is 11.9. The number of piperidine rings is 2. The average molecular weight is 391 g/mol. The van der Waals surface area contributed by atoms with Crippen molar-refractivity contribution in [1.82, 2.24) is 15.3 Å². The van der Waals surface area contributed by atoms with E-state index in [9.17, 15) is 0 Å². The summed E-state index contributed by atoms with van der Waals surface area (Å²) < 4.78 is 0. The van der Waals surface area contributed by atoms with Crippen molar-refractivity contribution in [1.29, 1.82) is 0 Å². The number of anilines is 3. The highest BCUT2D eigenvalue weighted by molar-refractivity contribution is 7.80. The highest BCUT2D eigenvalue weighted by atomic mass is 32.1. The molecule has 1 aromatic heterocycles. The van der Waals surface area contributed by atoms with Crippen LogP contribution in [0.4, 0.5) is 17.6 Å². The van der Waals surface area contributed by atoms with Crippen LogP contribution in [0.15, 0.2) is 6.07 Å². The van der Waals surface area contributed by atoms with Gasteiger partial charge in [0.05, 0.1) is 0 Å². The van der Waals surface area contributed by atoms with Crippen LogP contribution in [0.1, 0.15) is 52.9 Å². The maximum Gasteiger partial charge on any atom is 0.232 e. The van der Waals surface area contributed by atoms with E-state index in [2.05, 4.69) is 47.3 Å². The summed E-state index contributed by atoms with van der Waals surface area (Å²) in [5, 5.41) is 7.01. The van der Waals surface area contributed by atoms with Gasteiger partial charge in [-0.1, -0.05) is 20.8 Å². The van der Waals surface area contributed by atoms with Crippen LogP contribution >= 0.6 is 12.2 Å². The summed E-state index contributed by atoms with van der Waals surface area (Å²) in [6.07, 6.45) is 6.10. The lowest BCUT2D eigenvalue weighted by atomic mass is 9.92. The van der Waals surface area contributed by atoms with Gasteiger partial charge in [-0.3, -0.25) is 0 Å². The third kappa shape index (κ3) is 5.67. The van der Waals surface area contributed by atoms with Gasteiger partial charge in [0.2, 0.25) is 5.95 Å². The molecule has 7 heteroatoms. The van der Waals surface area contributed by atoms with Gasteiger partial charge in [-0.05, 0) is 56.2 Å². The lowest BCUT2D eigenvalue weighted by Crippen LogP contribution is -2.40. The Labute approximate surface area is 169 Å². The first-order chi connectivity index (χ1) is 13.0. The molecule has 3 heterocycles. The Morgan fingerprint density at radius 1 is 1.07 bits per heavy atom. The van der Waals surface area contributed by atoms with Crippen molar-refractivity contribution in [2.45, 2.75) is 52.9 Å². The second-order valence-corrected chi connectivity index (χ2v) is 8.60. The molecule has 0 radical (unpaired) electrons. The quantitative estimate of drug-likeness (QED) is 0.744. The van der Waals surface area contributed by atoms with Crippen molar-refractivity contribution in [3.8, 4) is 0 Å². The molecule has 6 nitrogen and oxygen atoms in total. The van der Waals surface area contributed by atoms with Crippen LogP contribution in [-0.2, 0) is 0 Å². The Kier molecular flexibility index (Phi) is 7.10. The predicted molar refractivity (Wildman–Crippen MR) is 118 cm³/mol. The number of aromatic nitrogens is 2. The Bertz CT molecular complexity index is 621. The summed E-state index contributed by atoms with van der Waals surface area (Å²) in [4.78, 5) is 14.4. The van der Waals surface area contributed by atoms with Crippen LogP contribution in [-0.4, -0.2) is 47.8 Å². The molecule has 0 aliphatic carbocycles. The average Bonchev–Trinajstić information content (AvgIpc) is 2.66. The number of hydrogen-bond donors (Lipinski definition) is 2. The zero-order valence-electron chi connectivity index (χ0n) is 17.0. The lowest BCUT2D eigenvalue weighted by molar-refractivity contribution is 0.355. The molecule has 2 unspecified atom stereocenters. The topological polar surface area (TPSA) is 56.3 Å². The fourth-order valence-electron chi connectivity index (χ4n) is 4.16. The summed E-state index contributed by atoms with van der Waals surface area (Å²) in [5.74, 6) is 4.01. The highest BCUT2D eigenvalue weighted by Gasteiger charge is 2.24. The zero-order chi connectivity index (χ0) is 19.2. The van der Waals surface area contributed by atoms with Crippen LogP contribution in [0.5, 0.6) is 0 Å². The van der Waals surface area contributed by atoms with Gasteiger partial charge in [-0.2, -0.15) is 9.97 Å². The third-order valence-corrected chi connectivity index (χ3v) is 5.58. The maximum atomic E-state index is 5.41. The molecular formula is C20H34N6S. The van der Waals surface area contributed by atoms with Gasteiger partial charge >= 0.3 is 0 Å². The maximum absolute atomic E-state index is 5.41. The Morgan fingerprint density at radius 2 is 1.70 bits per heavy atom. The molecule has 27 heavy (non-hydrogen) atoms. The van der Waals surface area contributed by atoms with E-state index in [4.69, 9.17) is 22.2 Å². The molecule has 3 rings (SSSR count). The molecule has 0 aromatic carbocycles. The van der Waals surface area contributed by atoms with Crippen molar-refractivity contribution >= 4 is 34.9 Å². The number of nitrogens with zero attached hydrogens (tertiary/aromatic N) is 4. The Hall–Kier alpha value is -1.63. The number of thiocarbonyl (C=S) groups is 1. The standard InChI is InChI=1S/C20H34N6S/c1-4-8-21-20(27)24-19-22-17(25-9-6-5-7-10-25)12-18(23-19)26-13-15(2)11-16(3)14-26/h12,15-16H,4-11,13-14H2,1-3H3,(H2,21,22,23,24,27). The molecule has 2 fully saturated rings. The molecule has 1 aromatic rings. The van der Waals surface area contributed by atoms with Gasteiger partial charge in [0.1, 0.15) is 11.6 Å². The van der Waals surface area contributed by atoms with Crippen LogP contribution in [0.2, 0.25) is 0 Å². The molecule has 0 saturated carbocycles. The molecule has 0 amide bonds. The van der Waals surface area contributed by atoms with Crippen molar-refractivity contribution in [3.63, 3.8) is 0 Å². The van der Waals surface area contributed by atoms with Crippen molar-refractivity contribution in [3.05, 3.63) is 6.07 Å². The van der Waals surface area contributed by atoms with E-state index in [1.165, 1.54) is 25.7 Å². The fourth-order valence-corrected chi connectivity index (χ4v) is 4.35. The summed E-state index contributed by atoms with van der Waals surface area (Å²) in [7, 11) is 0. The van der Waals surface area contributed by atoms with Crippen molar-refractivity contribution < 1.29 is 0 Å². The number of nitrogens with one attached hydrogen (secondary N) is 2. The normalized spacial score (nSPS) is 23.2. The minimum Gasteiger partial charge on any atom is -0.362 e. The first-order valence-electron chi connectivity index (χ1n) is 10.5. The van der Waals surface area contributed by atoms with Gasteiger partial charge < -0.3 is 20.4 Å². The SMILES string of the molecule is CCCNC(=S)Nc1nc(N2CCCCC2)cc(N2CC(C)CC(C)C2)n1. The van der Waals surface area contributed by atoms with Gasteiger partial charge in [0, 0.05) is 38.8 Å². The van der Waals surface area contributed by atoms with Gasteiger partial charge in [0.15, 0.2) is 5.11 Å². The van der Waals surface area contributed by atoms with E-state index >= 15 is 0 Å². The molecule has 2 aliphatic rings. The summed E-state index contributed by atoms with van der Waals surface area (Å²) >= 11 is 5.41. The molecule has 0 spiro atoms. The molecule has 150 valence electrons. The van der Waals surface area contributed by atoms with Gasteiger partial charge in [-0.25, -0.2) is 0 Å². The van der Waals surface area contributed by atoms with Crippen LogP contribution in [0, 0.1) is 11.8 Å². The highest BCUT2D eigenvalue weighted by Crippen LogP contribution is 2.29. The second kappa shape index (κ2) is 9.53. The van der Waals surface area contributed by atoms with E-state index in [0.717, 1.165) is 50.8 Å². The third-order valence-electron chi connectivity index (χ3n) is 5.33. The fraction of sp³-hybridized carbons (Fsp3) is 0.750. The number of rotatable bonds is 5. The minimum atomic E-state index is 0.596. The molecular weight excluding hydrogens is 356 g/mol. The first kappa shape index (κ1) is 20.1. The zero-order valence-corrected chi connectivity index (χ0v) is 17.8. The smallest absolute Gasteiger partial charge is 0.232 e. The summed E-state index contributed by atoms with van der Waals surface area (Å²) in [6, 6.07) is 2.17. The van der Waals surface area contributed by atoms with E-state index < -0.39 is 0 Å². The lowest BCUT2D eigenvalue weighted by Gasteiger charge is -2.36.